The minimum absolute atomic E-state index is 0.00875. The zero-order valence-corrected chi connectivity index (χ0v) is 11.1. The quantitative estimate of drug-likeness (QED) is 0.915. The Morgan fingerprint density at radius 2 is 2.22 bits per heavy atom. The van der Waals surface area contributed by atoms with Crippen molar-refractivity contribution >= 4 is 9.84 Å². The molecule has 1 fully saturated rings. The molecule has 1 aromatic rings. The van der Waals surface area contributed by atoms with Gasteiger partial charge in [0.15, 0.2) is 9.84 Å². The lowest BCUT2D eigenvalue weighted by molar-refractivity contribution is 0.148. The topological polar surface area (TPSA) is 54.4 Å². The highest BCUT2D eigenvalue weighted by Crippen LogP contribution is 2.30. The summed E-state index contributed by atoms with van der Waals surface area (Å²) in [5, 5.41) is 10.1. The average molecular weight is 272 g/mol. The van der Waals surface area contributed by atoms with Gasteiger partial charge in [-0.05, 0) is 48.9 Å². The van der Waals surface area contributed by atoms with Gasteiger partial charge in [-0.15, -0.1) is 0 Å². The molecule has 1 saturated heterocycles. The minimum Gasteiger partial charge on any atom is -0.388 e. The normalized spacial score (nSPS) is 24.1. The summed E-state index contributed by atoms with van der Waals surface area (Å²) >= 11 is 0. The van der Waals surface area contributed by atoms with Crippen molar-refractivity contribution in [3.8, 4) is 0 Å². The zero-order chi connectivity index (χ0) is 13.3. The van der Waals surface area contributed by atoms with Crippen molar-refractivity contribution < 1.29 is 17.9 Å². The second-order valence-corrected chi connectivity index (χ2v) is 7.25. The van der Waals surface area contributed by atoms with E-state index >= 15 is 0 Å². The van der Waals surface area contributed by atoms with E-state index in [4.69, 9.17) is 0 Å². The van der Waals surface area contributed by atoms with Gasteiger partial charge in [0.25, 0.3) is 0 Å². The number of aliphatic hydroxyl groups excluding tert-OH is 1. The van der Waals surface area contributed by atoms with Crippen LogP contribution in [0.2, 0.25) is 0 Å². The predicted molar refractivity (Wildman–Crippen MR) is 67.5 cm³/mol. The van der Waals surface area contributed by atoms with Crippen LogP contribution in [0.4, 0.5) is 4.39 Å². The van der Waals surface area contributed by atoms with Crippen LogP contribution < -0.4 is 0 Å². The first-order valence-electron chi connectivity index (χ1n) is 6.02. The van der Waals surface area contributed by atoms with Crippen molar-refractivity contribution in [3.63, 3.8) is 0 Å². The third kappa shape index (κ3) is 3.09. The lowest BCUT2D eigenvalue weighted by Gasteiger charge is -2.16. The molecule has 1 aliphatic heterocycles. The van der Waals surface area contributed by atoms with E-state index in [1.807, 2.05) is 0 Å². The van der Waals surface area contributed by atoms with Crippen LogP contribution in [0.3, 0.4) is 0 Å². The number of hydrogen-bond donors (Lipinski definition) is 1. The Bertz CT molecular complexity index is 539. The van der Waals surface area contributed by atoms with Crippen molar-refractivity contribution in [2.24, 2.45) is 5.92 Å². The second kappa shape index (κ2) is 4.97. The molecular formula is C13H17FO3S. The second-order valence-electron chi connectivity index (χ2n) is 5.02. The smallest absolute Gasteiger partial charge is 0.150 e. The van der Waals surface area contributed by atoms with Gasteiger partial charge in [-0.1, -0.05) is 6.07 Å². The van der Waals surface area contributed by atoms with E-state index < -0.39 is 15.9 Å². The summed E-state index contributed by atoms with van der Waals surface area (Å²) in [4.78, 5) is 0. The molecule has 2 unspecified atom stereocenters. The maximum Gasteiger partial charge on any atom is 0.150 e. The van der Waals surface area contributed by atoms with Gasteiger partial charge in [0.1, 0.15) is 5.82 Å². The van der Waals surface area contributed by atoms with Crippen molar-refractivity contribution in [2.45, 2.75) is 25.9 Å². The Morgan fingerprint density at radius 3 is 2.78 bits per heavy atom. The fraction of sp³-hybridized carbons (Fsp3) is 0.538. The molecule has 2 atom stereocenters. The molecule has 1 heterocycles. The van der Waals surface area contributed by atoms with E-state index in [9.17, 15) is 17.9 Å². The van der Waals surface area contributed by atoms with Crippen LogP contribution in [0.1, 0.15) is 30.1 Å². The average Bonchev–Trinajstić information content (AvgIpc) is 2.57. The van der Waals surface area contributed by atoms with Crippen LogP contribution in [-0.2, 0) is 9.84 Å². The highest BCUT2D eigenvalue weighted by Gasteiger charge is 2.29. The summed E-state index contributed by atoms with van der Waals surface area (Å²) in [5.74, 6) is 0.0539. The molecule has 0 saturated carbocycles. The molecule has 0 amide bonds. The summed E-state index contributed by atoms with van der Waals surface area (Å²) in [6.07, 6.45) is 0.314. The first kappa shape index (κ1) is 13.5. The Kier molecular flexibility index (Phi) is 3.73. The molecule has 1 N–H and O–H groups in total. The third-order valence-corrected chi connectivity index (χ3v) is 5.31. The van der Waals surface area contributed by atoms with Crippen LogP contribution >= 0.6 is 0 Å². The van der Waals surface area contributed by atoms with Crippen molar-refractivity contribution in [3.05, 3.63) is 35.1 Å². The number of benzene rings is 1. The van der Waals surface area contributed by atoms with Crippen LogP contribution in [0.25, 0.3) is 0 Å². The van der Waals surface area contributed by atoms with E-state index in [0.717, 1.165) is 0 Å². The lowest BCUT2D eigenvalue weighted by Crippen LogP contribution is -2.10. The highest BCUT2D eigenvalue weighted by molar-refractivity contribution is 7.91. The number of halogens is 1. The van der Waals surface area contributed by atoms with E-state index in [0.29, 0.717) is 24.0 Å². The molecule has 1 aliphatic rings. The summed E-state index contributed by atoms with van der Waals surface area (Å²) in [5.41, 5.74) is 1.38. The predicted octanol–water partition coefficient (Wildman–Crippen LogP) is 1.99. The van der Waals surface area contributed by atoms with Gasteiger partial charge in [0.05, 0.1) is 17.6 Å². The molecule has 0 aromatic heterocycles. The monoisotopic (exact) mass is 272 g/mol. The summed E-state index contributed by atoms with van der Waals surface area (Å²) in [7, 11) is -2.91. The molecular weight excluding hydrogens is 255 g/mol. The number of aryl methyl sites for hydroxylation is 1. The standard InChI is InChI=1S/C13H17FO3S/c1-9-6-11(14)2-3-12(9)13(15)7-10-4-5-18(16,17)8-10/h2-3,6,10,13,15H,4-5,7-8H2,1H3. The van der Waals surface area contributed by atoms with Crippen molar-refractivity contribution in [1.29, 1.82) is 0 Å². The molecule has 0 radical (unpaired) electrons. The van der Waals surface area contributed by atoms with Gasteiger partial charge in [0.2, 0.25) is 0 Å². The highest BCUT2D eigenvalue weighted by atomic mass is 32.2. The van der Waals surface area contributed by atoms with Gasteiger partial charge in [-0.3, -0.25) is 0 Å². The third-order valence-electron chi connectivity index (χ3n) is 3.47. The van der Waals surface area contributed by atoms with Gasteiger partial charge >= 0.3 is 0 Å². The maximum atomic E-state index is 13.0. The molecule has 2 rings (SSSR count). The summed E-state index contributed by atoms with van der Waals surface area (Å²) in [6, 6.07) is 4.26. The zero-order valence-electron chi connectivity index (χ0n) is 10.3. The molecule has 0 spiro atoms. The Morgan fingerprint density at radius 1 is 1.50 bits per heavy atom. The fourth-order valence-corrected chi connectivity index (χ4v) is 4.39. The first-order valence-corrected chi connectivity index (χ1v) is 7.84. The lowest BCUT2D eigenvalue weighted by atomic mass is 9.94. The molecule has 0 bridgehead atoms. The molecule has 5 heteroatoms. The Hall–Kier alpha value is -0.940. The van der Waals surface area contributed by atoms with Crippen molar-refractivity contribution in [2.75, 3.05) is 11.5 Å². The van der Waals surface area contributed by atoms with Gasteiger partial charge in [0, 0.05) is 0 Å². The van der Waals surface area contributed by atoms with Crippen LogP contribution in [0, 0.1) is 18.7 Å². The molecule has 18 heavy (non-hydrogen) atoms. The van der Waals surface area contributed by atoms with Crippen LogP contribution in [0.5, 0.6) is 0 Å². The molecule has 3 nitrogen and oxygen atoms in total. The van der Waals surface area contributed by atoms with Crippen LogP contribution in [-0.4, -0.2) is 25.0 Å². The van der Waals surface area contributed by atoms with E-state index in [1.165, 1.54) is 12.1 Å². The van der Waals surface area contributed by atoms with E-state index in [1.54, 1.807) is 13.0 Å². The van der Waals surface area contributed by atoms with E-state index in [2.05, 4.69) is 0 Å². The Balaban J connectivity index is 2.06. The number of rotatable bonds is 3. The molecule has 0 aliphatic carbocycles. The summed E-state index contributed by atoms with van der Waals surface area (Å²) < 4.78 is 35.6. The number of hydrogen-bond acceptors (Lipinski definition) is 3. The first-order chi connectivity index (χ1) is 8.37. The molecule has 100 valence electrons. The van der Waals surface area contributed by atoms with Gasteiger partial charge < -0.3 is 5.11 Å². The van der Waals surface area contributed by atoms with Gasteiger partial charge in [-0.25, -0.2) is 12.8 Å². The Labute approximate surface area is 107 Å². The molecule has 1 aromatic carbocycles. The summed E-state index contributed by atoms with van der Waals surface area (Å²) in [6.45, 7) is 1.74. The van der Waals surface area contributed by atoms with Gasteiger partial charge in [-0.2, -0.15) is 0 Å². The fourth-order valence-electron chi connectivity index (χ4n) is 2.51. The van der Waals surface area contributed by atoms with Crippen molar-refractivity contribution in [1.82, 2.24) is 0 Å². The maximum absolute atomic E-state index is 13.0. The van der Waals surface area contributed by atoms with E-state index in [-0.39, 0.29) is 23.2 Å². The minimum atomic E-state index is -2.91. The number of sulfone groups is 1. The number of aliphatic hydroxyl groups is 1. The SMILES string of the molecule is Cc1cc(F)ccc1C(O)CC1CCS(=O)(=O)C1. The largest absolute Gasteiger partial charge is 0.388 e. The van der Waals surface area contributed by atoms with Crippen LogP contribution in [0.15, 0.2) is 18.2 Å².